The summed E-state index contributed by atoms with van der Waals surface area (Å²) >= 11 is 0. The molecule has 0 atom stereocenters. The average Bonchev–Trinajstić information content (AvgIpc) is 2.93. The van der Waals surface area contributed by atoms with Crippen molar-refractivity contribution in [3.05, 3.63) is 59.7 Å². The number of amides is 3. The lowest BCUT2D eigenvalue weighted by Gasteiger charge is -2.25. The quantitative estimate of drug-likeness (QED) is 0.750. The normalized spacial score (nSPS) is 12.9. The third-order valence-electron chi connectivity index (χ3n) is 4.39. The molecule has 2 aromatic carbocycles. The molecule has 6 nitrogen and oxygen atoms in total. The van der Waals surface area contributed by atoms with Gasteiger partial charge in [0.1, 0.15) is 5.75 Å². The Bertz CT molecular complexity index is 827. The van der Waals surface area contributed by atoms with Crippen LogP contribution in [-0.4, -0.2) is 42.8 Å². The standard InChI is InChI=1S/C20H20N2O4/c1-3-18(23)21(14-7-6-8-15(13-14)26-2)11-12-22-19(24)16-9-4-5-10-17(16)20(22)25/h4-10,13H,3,11-12H2,1-2H3. The van der Waals surface area contributed by atoms with Gasteiger partial charge in [-0.15, -0.1) is 0 Å². The molecular weight excluding hydrogens is 332 g/mol. The third kappa shape index (κ3) is 3.18. The van der Waals surface area contributed by atoms with Gasteiger partial charge in [0.15, 0.2) is 0 Å². The van der Waals surface area contributed by atoms with E-state index in [-0.39, 0.29) is 30.8 Å². The van der Waals surface area contributed by atoms with E-state index in [4.69, 9.17) is 4.74 Å². The monoisotopic (exact) mass is 352 g/mol. The van der Waals surface area contributed by atoms with Crippen molar-refractivity contribution < 1.29 is 19.1 Å². The number of hydrogen-bond donors (Lipinski definition) is 0. The molecule has 0 saturated carbocycles. The number of imide groups is 1. The van der Waals surface area contributed by atoms with Crippen LogP contribution in [0, 0.1) is 0 Å². The van der Waals surface area contributed by atoms with Crippen LogP contribution in [-0.2, 0) is 4.79 Å². The van der Waals surface area contributed by atoms with E-state index in [1.165, 1.54) is 4.90 Å². The fourth-order valence-electron chi connectivity index (χ4n) is 3.01. The molecule has 3 rings (SSSR count). The van der Waals surface area contributed by atoms with Crippen LogP contribution in [0.3, 0.4) is 0 Å². The molecule has 0 saturated heterocycles. The maximum Gasteiger partial charge on any atom is 0.261 e. The number of fused-ring (bicyclic) bond motifs is 1. The zero-order valence-corrected chi connectivity index (χ0v) is 14.8. The summed E-state index contributed by atoms with van der Waals surface area (Å²) in [5.41, 5.74) is 1.49. The lowest BCUT2D eigenvalue weighted by Crippen LogP contribution is -2.40. The molecule has 1 aliphatic rings. The Kier molecular flexibility index (Phi) is 5.02. The van der Waals surface area contributed by atoms with Gasteiger partial charge in [-0.1, -0.05) is 25.1 Å². The molecule has 0 aromatic heterocycles. The van der Waals surface area contributed by atoms with E-state index >= 15 is 0 Å². The smallest absolute Gasteiger partial charge is 0.261 e. The maximum absolute atomic E-state index is 12.5. The number of rotatable bonds is 6. The first-order valence-corrected chi connectivity index (χ1v) is 8.46. The SMILES string of the molecule is CCC(=O)N(CCN1C(=O)c2ccccc2C1=O)c1cccc(OC)c1. The van der Waals surface area contributed by atoms with Gasteiger partial charge in [0, 0.05) is 31.3 Å². The first kappa shape index (κ1) is 17.7. The van der Waals surface area contributed by atoms with Gasteiger partial charge >= 0.3 is 0 Å². The van der Waals surface area contributed by atoms with Gasteiger partial charge in [-0.05, 0) is 24.3 Å². The van der Waals surface area contributed by atoms with Crippen molar-refractivity contribution >= 4 is 23.4 Å². The van der Waals surface area contributed by atoms with Gasteiger partial charge in [-0.2, -0.15) is 0 Å². The minimum absolute atomic E-state index is 0.0881. The second kappa shape index (κ2) is 7.39. The summed E-state index contributed by atoms with van der Waals surface area (Å²) in [6.07, 6.45) is 0.319. The van der Waals surface area contributed by atoms with E-state index in [1.807, 2.05) is 0 Å². The number of carbonyl (C=O) groups is 3. The summed E-state index contributed by atoms with van der Waals surface area (Å²) in [6, 6.07) is 13.9. The lowest BCUT2D eigenvalue weighted by atomic mass is 10.1. The van der Waals surface area contributed by atoms with E-state index in [0.29, 0.717) is 29.0 Å². The van der Waals surface area contributed by atoms with E-state index < -0.39 is 0 Å². The number of nitrogens with zero attached hydrogens (tertiary/aromatic N) is 2. The molecule has 1 heterocycles. The van der Waals surface area contributed by atoms with Gasteiger partial charge in [-0.3, -0.25) is 19.3 Å². The van der Waals surface area contributed by atoms with Crippen molar-refractivity contribution in [2.75, 3.05) is 25.1 Å². The maximum atomic E-state index is 12.5. The molecule has 0 radical (unpaired) electrons. The number of carbonyl (C=O) groups excluding carboxylic acids is 3. The van der Waals surface area contributed by atoms with Crippen LogP contribution in [0.4, 0.5) is 5.69 Å². The highest BCUT2D eigenvalue weighted by atomic mass is 16.5. The Morgan fingerprint density at radius 3 is 2.27 bits per heavy atom. The number of methoxy groups -OCH3 is 1. The van der Waals surface area contributed by atoms with Crippen molar-refractivity contribution in [3.63, 3.8) is 0 Å². The van der Waals surface area contributed by atoms with Crippen LogP contribution in [0.25, 0.3) is 0 Å². The minimum atomic E-state index is -0.319. The second-order valence-corrected chi connectivity index (χ2v) is 5.91. The average molecular weight is 352 g/mol. The molecule has 6 heteroatoms. The fraction of sp³-hybridized carbons (Fsp3) is 0.250. The Labute approximate surface area is 152 Å². The Morgan fingerprint density at radius 2 is 1.69 bits per heavy atom. The van der Waals surface area contributed by atoms with Crippen molar-refractivity contribution in [3.8, 4) is 5.75 Å². The number of benzene rings is 2. The van der Waals surface area contributed by atoms with E-state index in [0.717, 1.165) is 0 Å². The summed E-state index contributed by atoms with van der Waals surface area (Å²) in [4.78, 5) is 40.1. The molecule has 134 valence electrons. The van der Waals surface area contributed by atoms with Crippen molar-refractivity contribution in [1.82, 2.24) is 4.90 Å². The number of ether oxygens (including phenoxy) is 1. The van der Waals surface area contributed by atoms with Crippen LogP contribution in [0.15, 0.2) is 48.5 Å². The lowest BCUT2D eigenvalue weighted by molar-refractivity contribution is -0.118. The number of hydrogen-bond acceptors (Lipinski definition) is 4. The number of anilines is 1. The zero-order valence-electron chi connectivity index (χ0n) is 14.8. The van der Waals surface area contributed by atoms with Crippen LogP contribution in [0.1, 0.15) is 34.1 Å². The van der Waals surface area contributed by atoms with Gasteiger partial charge in [0.05, 0.1) is 18.2 Å². The third-order valence-corrected chi connectivity index (χ3v) is 4.39. The van der Waals surface area contributed by atoms with E-state index in [1.54, 1.807) is 67.5 Å². The highest BCUT2D eigenvalue weighted by molar-refractivity contribution is 6.21. The Morgan fingerprint density at radius 1 is 1.04 bits per heavy atom. The van der Waals surface area contributed by atoms with Gasteiger partial charge in [-0.25, -0.2) is 0 Å². The van der Waals surface area contributed by atoms with Crippen molar-refractivity contribution in [1.29, 1.82) is 0 Å². The molecule has 1 aliphatic heterocycles. The second-order valence-electron chi connectivity index (χ2n) is 5.91. The summed E-state index contributed by atoms with van der Waals surface area (Å²) in [6.45, 7) is 2.14. The molecule has 0 aliphatic carbocycles. The summed E-state index contributed by atoms with van der Waals surface area (Å²) < 4.78 is 5.22. The molecule has 0 fully saturated rings. The largest absolute Gasteiger partial charge is 0.497 e. The first-order valence-electron chi connectivity index (χ1n) is 8.46. The Balaban J connectivity index is 1.80. The summed E-state index contributed by atoms with van der Waals surface area (Å²) in [5.74, 6) is -0.0905. The van der Waals surface area contributed by atoms with E-state index in [2.05, 4.69) is 0 Å². The Hall–Kier alpha value is -3.15. The van der Waals surface area contributed by atoms with Gasteiger partial charge in [0.25, 0.3) is 11.8 Å². The van der Waals surface area contributed by atoms with Crippen LogP contribution >= 0.6 is 0 Å². The molecule has 2 aromatic rings. The molecule has 0 bridgehead atoms. The molecule has 0 spiro atoms. The predicted octanol–water partition coefficient (Wildman–Crippen LogP) is 2.73. The van der Waals surface area contributed by atoms with Crippen LogP contribution in [0.2, 0.25) is 0 Å². The van der Waals surface area contributed by atoms with Crippen molar-refractivity contribution in [2.45, 2.75) is 13.3 Å². The van der Waals surface area contributed by atoms with Gasteiger partial charge in [0.2, 0.25) is 5.91 Å². The zero-order chi connectivity index (χ0) is 18.7. The summed E-state index contributed by atoms with van der Waals surface area (Å²) in [7, 11) is 1.56. The summed E-state index contributed by atoms with van der Waals surface area (Å²) in [5, 5.41) is 0. The molecule has 3 amide bonds. The van der Waals surface area contributed by atoms with Gasteiger partial charge < -0.3 is 9.64 Å². The van der Waals surface area contributed by atoms with Crippen molar-refractivity contribution in [2.24, 2.45) is 0 Å². The molecule has 0 unspecified atom stereocenters. The van der Waals surface area contributed by atoms with Crippen LogP contribution in [0.5, 0.6) is 5.75 Å². The first-order chi connectivity index (χ1) is 12.6. The minimum Gasteiger partial charge on any atom is -0.497 e. The molecule has 26 heavy (non-hydrogen) atoms. The highest BCUT2D eigenvalue weighted by Gasteiger charge is 2.35. The fourth-order valence-corrected chi connectivity index (χ4v) is 3.01. The topological polar surface area (TPSA) is 66.9 Å². The van der Waals surface area contributed by atoms with E-state index in [9.17, 15) is 14.4 Å². The van der Waals surface area contributed by atoms with Crippen LogP contribution < -0.4 is 9.64 Å². The molecular formula is C20H20N2O4. The molecule has 0 N–H and O–H groups in total. The predicted molar refractivity (Wildman–Crippen MR) is 97.4 cm³/mol. The highest BCUT2D eigenvalue weighted by Crippen LogP contribution is 2.24.